The number of hydrogen-bond donors (Lipinski definition) is 0. The second-order valence-corrected chi connectivity index (χ2v) is 4.34. The summed E-state index contributed by atoms with van der Waals surface area (Å²) in [6.07, 6.45) is 2.86. The number of methoxy groups -OCH3 is 1. The maximum atomic E-state index is 13.8. The molecule has 1 aromatic carbocycles. The van der Waals surface area contributed by atoms with Gasteiger partial charge in [0.25, 0.3) is 0 Å². The molecule has 108 valence electrons. The van der Waals surface area contributed by atoms with Gasteiger partial charge in [0.1, 0.15) is 5.56 Å². The molecule has 1 aromatic heterocycles. The minimum Gasteiger partial charge on any atom is -0.465 e. The Kier molecular flexibility index (Phi) is 4.55. The fraction of sp³-hybridized carbons (Fsp3) is 0.0667. The molecule has 0 saturated heterocycles. The summed E-state index contributed by atoms with van der Waals surface area (Å²) >= 11 is 5.89. The van der Waals surface area contributed by atoms with Crippen molar-refractivity contribution in [1.82, 2.24) is 4.98 Å². The van der Waals surface area contributed by atoms with Crippen LogP contribution < -0.4 is 4.74 Å². The number of rotatable bonds is 4. The molecule has 0 aliphatic heterocycles. The molecule has 0 aliphatic rings. The Morgan fingerprint density at radius 2 is 2.19 bits per heavy atom. The summed E-state index contributed by atoms with van der Waals surface area (Å²) in [6, 6.07) is 5.67. The van der Waals surface area contributed by atoms with Gasteiger partial charge in [-0.1, -0.05) is 30.3 Å². The fourth-order valence-corrected chi connectivity index (χ4v) is 1.89. The zero-order chi connectivity index (χ0) is 15.4. The third kappa shape index (κ3) is 3.03. The molecule has 0 aliphatic carbocycles. The molecule has 4 nitrogen and oxygen atoms in total. The standard InChI is InChI=1S/C15H11ClFNO3/c1-3-9-7-8-18-14(12(9)15(19)20-2)21-13-10(16)5-4-6-11(13)17/h3-8H,1H2,2H3. The van der Waals surface area contributed by atoms with Gasteiger partial charge in [-0.05, 0) is 23.8 Å². The number of esters is 1. The highest BCUT2D eigenvalue weighted by atomic mass is 35.5. The summed E-state index contributed by atoms with van der Waals surface area (Å²) < 4.78 is 23.8. The van der Waals surface area contributed by atoms with Gasteiger partial charge in [-0.15, -0.1) is 0 Å². The highest BCUT2D eigenvalue weighted by Crippen LogP contribution is 2.33. The van der Waals surface area contributed by atoms with Gasteiger partial charge in [0, 0.05) is 6.20 Å². The Morgan fingerprint density at radius 1 is 1.43 bits per heavy atom. The van der Waals surface area contributed by atoms with E-state index in [1.54, 1.807) is 6.07 Å². The molecule has 2 rings (SSSR count). The topological polar surface area (TPSA) is 48.4 Å². The summed E-state index contributed by atoms with van der Waals surface area (Å²) in [6.45, 7) is 3.60. The van der Waals surface area contributed by atoms with Crippen LogP contribution in [-0.4, -0.2) is 18.1 Å². The summed E-state index contributed by atoms with van der Waals surface area (Å²) in [7, 11) is 1.22. The van der Waals surface area contributed by atoms with E-state index in [1.165, 1.54) is 37.6 Å². The third-order valence-electron chi connectivity index (χ3n) is 2.68. The molecule has 0 bridgehead atoms. The van der Waals surface area contributed by atoms with Crippen LogP contribution in [0.5, 0.6) is 11.6 Å². The van der Waals surface area contributed by atoms with Crippen molar-refractivity contribution in [2.24, 2.45) is 0 Å². The van der Waals surface area contributed by atoms with Crippen molar-refractivity contribution in [3.63, 3.8) is 0 Å². The normalized spacial score (nSPS) is 10.0. The van der Waals surface area contributed by atoms with E-state index in [4.69, 9.17) is 16.3 Å². The number of carbonyl (C=O) groups excluding carboxylic acids is 1. The number of aromatic nitrogens is 1. The second kappa shape index (κ2) is 6.37. The Balaban J connectivity index is 2.54. The van der Waals surface area contributed by atoms with Crippen LogP contribution in [0.15, 0.2) is 37.0 Å². The van der Waals surface area contributed by atoms with E-state index in [9.17, 15) is 9.18 Å². The van der Waals surface area contributed by atoms with Gasteiger partial charge in [-0.25, -0.2) is 14.2 Å². The van der Waals surface area contributed by atoms with Crippen molar-refractivity contribution in [3.05, 3.63) is 59.0 Å². The number of ether oxygens (including phenoxy) is 2. The van der Waals surface area contributed by atoms with Crippen molar-refractivity contribution in [3.8, 4) is 11.6 Å². The summed E-state index contributed by atoms with van der Waals surface area (Å²) in [4.78, 5) is 15.8. The average Bonchev–Trinajstić information content (AvgIpc) is 2.50. The van der Waals surface area contributed by atoms with Gasteiger partial charge in [0.15, 0.2) is 11.6 Å². The van der Waals surface area contributed by atoms with E-state index in [2.05, 4.69) is 16.3 Å². The third-order valence-corrected chi connectivity index (χ3v) is 2.97. The van der Waals surface area contributed by atoms with Crippen LogP contribution >= 0.6 is 11.6 Å². The summed E-state index contributed by atoms with van der Waals surface area (Å²) in [5.74, 6) is -1.64. The Morgan fingerprint density at radius 3 is 2.81 bits per heavy atom. The van der Waals surface area contributed by atoms with Crippen molar-refractivity contribution >= 4 is 23.6 Å². The lowest BCUT2D eigenvalue weighted by atomic mass is 10.1. The van der Waals surface area contributed by atoms with E-state index in [0.717, 1.165) is 0 Å². The first-order chi connectivity index (χ1) is 10.1. The fourth-order valence-electron chi connectivity index (χ4n) is 1.69. The number of carbonyl (C=O) groups is 1. The number of benzene rings is 1. The molecule has 1 heterocycles. The maximum absolute atomic E-state index is 13.8. The zero-order valence-corrected chi connectivity index (χ0v) is 11.9. The Hall–Kier alpha value is -2.40. The number of hydrogen-bond acceptors (Lipinski definition) is 4. The van der Waals surface area contributed by atoms with E-state index in [0.29, 0.717) is 5.56 Å². The van der Waals surface area contributed by atoms with Gasteiger partial charge in [0.05, 0.1) is 12.1 Å². The molecule has 0 unspecified atom stereocenters. The first-order valence-electron chi connectivity index (χ1n) is 5.90. The zero-order valence-electron chi connectivity index (χ0n) is 11.1. The summed E-state index contributed by atoms with van der Waals surface area (Å²) in [5, 5.41) is 0.0663. The first kappa shape index (κ1) is 15.0. The minimum atomic E-state index is -0.666. The quantitative estimate of drug-likeness (QED) is 0.798. The van der Waals surface area contributed by atoms with Crippen LogP contribution in [0.4, 0.5) is 4.39 Å². The van der Waals surface area contributed by atoms with Gasteiger partial charge >= 0.3 is 5.97 Å². The molecule has 0 radical (unpaired) electrons. The SMILES string of the molecule is C=Cc1ccnc(Oc2c(F)cccc2Cl)c1C(=O)OC. The van der Waals surface area contributed by atoms with E-state index < -0.39 is 11.8 Å². The van der Waals surface area contributed by atoms with Crippen LogP contribution in [0.25, 0.3) is 6.08 Å². The van der Waals surface area contributed by atoms with Gasteiger partial charge in [0.2, 0.25) is 5.88 Å². The van der Waals surface area contributed by atoms with Crippen LogP contribution in [-0.2, 0) is 4.74 Å². The predicted molar refractivity (Wildman–Crippen MR) is 77.2 cm³/mol. The molecule has 0 fully saturated rings. The Labute approximate surface area is 125 Å². The van der Waals surface area contributed by atoms with E-state index in [-0.39, 0.29) is 22.2 Å². The van der Waals surface area contributed by atoms with Crippen LogP contribution in [0, 0.1) is 5.82 Å². The molecule has 0 saturated carbocycles. The van der Waals surface area contributed by atoms with Crippen LogP contribution in [0.2, 0.25) is 5.02 Å². The lowest BCUT2D eigenvalue weighted by molar-refractivity contribution is 0.0596. The maximum Gasteiger partial charge on any atom is 0.344 e. The smallest absolute Gasteiger partial charge is 0.344 e. The summed E-state index contributed by atoms with van der Waals surface area (Å²) in [5.41, 5.74) is 0.508. The highest BCUT2D eigenvalue weighted by Gasteiger charge is 2.21. The van der Waals surface area contributed by atoms with Crippen molar-refractivity contribution in [1.29, 1.82) is 0 Å². The number of nitrogens with zero attached hydrogens (tertiary/aromatic N) is 1. The monoisotopic (exact) mass is 307 g/mol. The van der Waals surface area contributed by atoms with Crippen molar-refractivity contribution in [2.75, 3.05) is 7.11 Å². The van der Waals surface area contributed by atoms with Gasteiger partial charge < -0.3 is 9.47 Å². The molecule has 6 heteroatoms. The molecule has 0 atom stereocenters. The largest absolute Gasteiger partial charge is 0.465 e. The van der Waals surface area contributed by atoms with Crippen LogP contribution in [0.3, 0.4) is 0 Å². The highest BCUT2D eigenvalue weighted by molar-refractivity contribution is 6.32. The number of halogens is 2. The Bertz CT molecular complexity index is 683. The van der Waals surface area contributed by atoms with E-state index >= 15 is 0 Å². The van der Waals surface area contributed by atoms with E-state index in [1.807, 2.05) is 0 Å². The first-order valence-corrected chi connectivity index (χ1v) is 6.28. The molecular weight excluding hydrogens is 297 g/mol. The van der Waals surface area contributed by atoms with Gasteiger partial charge in [-0.2, -0.15) is 0 Å². The predicted octanol–water partition coefficient (Wildman–Crippen LogP) is 4.10. The molecule has 21 heavy (non-hydrogen) atoms. The molecule has 0 N–H and O–H groups in total. The van der Waals surface area contributed by atoms with Crippen molar-refractivity contribution < 1.29 is 18.7 Å². The van der Waals surface area contributed by atoms with Gasteiger partial charge in [-0.3, -0.25) is 0 Å². The average molecular weight is 308 g/mol. The van der Waals surface area contributed by atoms with Crippen LogP contribution in [0.1, 0.15) is 15.9 Å². The van der Waals surface area contributed by atoms with Crippen molar-refractivity contribution in [2.45, 2.75) is 0 Å². The second-order valence-electron chi connectivity index (χ2n) is 3.93. The lowest BCUT2D eigenvalue weighted by Gasteiger charge is -2.12. The molecule has 0 spiro atoms. The molecular formula is C15H11ClFNO3. The number of pyridine rings is 1. The molecule has 2 aromatic rings. The molecule has 0 amide bonds. The number of para-hydroxylation sites is 1. The lowest BCUT2D eigenvalue weighted by Crippen LogP contribution is -2.08. The minimum absolute atomic E-state index is 0.0503.